The van der Waals surface area contributed by atoms with E-state index >= 15 is 0 Å². The molecule has 0 fully saturated rings. The van der Waals surface area contributed by atoms with Gasteiger partial charge in [0.2, 0.25) is 0 Å². The molecule has 0 radical (unpaired) electrons. The Morgan fingerprint density at radius 3 is 2.52 bits per heavy atom. The summed E-state index contributed by atoms with van der Waals surface area (Å²) < 4.78 is 37.2. The fraction of sp³-hybridized carbons (Fsp3) is 0.385. The Balaban J connectivity index is 2.97. The van der Waals surface area contributed by atoms with Gasteiger partial charge in [0.15, 0.2) is 0 Å². The van der Waals surface area contributed by atoms with Gasteiger partial charge in [-0.1, -0.05) is 0 Å². The highest BCUT2D eigenvalue weighted by atomic mass is 32.1. The van der Waals surface area contributed by atoms with E-state index in [1.165, 1.54) is 19.1 Å². The fourth-order valence-electron chi connectivity index (χ4n) is 1.61. The van der Waals surface area contributed by atoms with Gasteiger partial charge in [0.05, 0.1) is 4.88 Å². The van der Waals surface area contributed by atoms with E-state index < -0.39 is 24.6 Å². The van der Waals surface area contributed by atoms with Gasteiger partial charge in [-0.2, -0.15) is 13.2 Å². The lowest BCUT2D eigenvalue weighted by molar-refractivity contribution is -0.140. The molecular formula is C13H14F3NO3S. The van der Waals surface area contributed by atoms with Crippen molar-refractivity contribution < 1.29 is 27.9 Å². The standard InChI is InChI=1S/C13H14F3NO3S/c1-3-17(7-13(14,15)16)12(20)10-6-8(2)9(21-10)4-5-11(18)19/h4-6H,3,7H2,1-2H3,(H,18,19)/b5-4+. The highest BCUT2D eigenvalue weighted by molar-refractivity contribution is 7.15. The minimum absolute atomic E-state index is 0.0599. The molecule has 1 N–H and O–H groups in total. The Kier molecular flexibility index (Phi) is 5.54. The van der Waals surface area contributed by atoms with Crippen LogP contribution in [0.5, 0.6) is 0 Å². The van der Waals surface area contributed by atoms with E-state index in [1.807, 2.05) is 0 Å². The second-order valence-electron chi connectivity index (χ2n) is 4.26. The topological polar surface area (TPSA) is 57.6 Å². The summed E-state index contributed by atoms with van der Waals surface area (Å²) >= 11 is 0.971. The van der Waals surface area contributed by atoms with Crippen LogP contribution in [0.2, 0.25) is 0 Å². The third kappa shape index (κ3) is 5.22. The van der Waals surface area contributed by atoms with E-state index in [9.17, 15) is 22.8 Å². The van der Waals surface area contributed by atoms with Crippen molar-refractivity contribution in [3.8, 4) is 0 Å². The zero-order valence-corrected chi connectivity index (χ0v) is 12.2. The molecule has 0 aliphatic heterocycles. The molecule has 0 aliphatic carbocycles. The smallest absolute Gasteiger partial charge is 0.406 e. The molecule has 0 spiro atoms. The number of rotatable bonds is 5. The van der Waals surface area contributed by atoms with Crippen molar-refractivity contribution in [2.75, 3.05) is 13.1 Å². The van der Waals surface area contributed by atoms with Gasteiger partial charge in [0.1, 0.15) is 6.54 Å². The lowest BCUT2D eigenvalue weighted by atomic mass is 10.2. The Bertz CT molecular complexity index is 563. The third-order valence-corrected chi connectivity index (χ3v) is 3.77. The molecule has 1 amide bonds. The van der Waals surface area contributed by atoms with Crippen LogP contribution in [0.4, 0.5) is 13.2 Å². The second kappa shape index (κ2) is 6.75. The first-order valence-electron chi connectivity index (χ1n) is 6.01. The molecule has 116 valence electrons. The number of halogens is 3. The summed E-state index contributed by atoms with van der Waals surface area (Å²) in [6, 6.07) is 1.47. The first-order chi connectivity index (χ1) is 9.64. The molecule has 0 aliphatic rings. The maximum absolute atomic E-state index is 12.4. The maximum Gasteiger partial charge on any atom is 0.406 e. The van der Waals surface area contributed by atoms with E-state index in [0.717, 1.165) is 17.4 Å². The Labute approximate surface area is 123 Å². The Hall–Kier alpha value is -1.83. The van der Waals surface area contributed by atoms with E-state index in [-0.39, 0.29) is 11.4 Å². The lowest BCUT2D eigenvalue weighted by Gasteiger charge is -2.21. The van der Waals surface area contributed by atoms with Gasteiger partial charge in [0, 0.05) is 17.5 Å². The minimum Gasteiger partial charge on any atom is -0.478 e. The van der Waals surface area contributed by atoms with E-state index in [0.29, 0.717) is 15.3 Å². The average Bonchev–Trinajstić information content (AvgIpc) is 2.73. The van der Waals surface area contributed by atoms with Gasteiger partial charge >= 0.3 is 12.1 Å². The average molecular weight is 321 g/mol. The van der Waals surface area contributed by atoms with Crippen molar-refractivity contribution in [1.82, 2.24) is 4.90 Å². The second-order valence-corrected chi connectivity index (χ2v) is 5.35. The highest BCUT2D eigenvalue weighted by Gasteiger charge is 2.33. The summed E-state index contributed by atoms with van der Waals surface area (Å²) in [4.78, 5) is 23.9. The summed E-state index contributed by atoms with van der Waals surface area (Å²) in [7, 11) is 0. The summed E-state index contributed by atoms with van der Waals surface area (Å²) in [5.41, 5.74) is 0.643. The first-order valence-corrected chi connectivity index (χ1v) is 6.83. The Morgan fingerprint density at radius 2 is 2.05 bits per heavy atom. The summed E-state index contributed by atoms with van der Waals surface area (Å²) in [5.74, 6) is -1.85. The molecule has 0 saturated carbocycles. The van der Waals surface area contributed by atoms with Crippen molar-refractivity contribution in [2.45, 2.75) is 20.0 Å². The van der Waals surface area contributed by atoms with Crippen LogP contribution in [-0.2, 0) is 4.79 Å². The normalized spacial score (nSPS) is 11.9. The SMILES string of the molecule is CCN(CC(F)(F)F)C(=O)c1cc(C)c(/C=C/C(=O)O)s1. The molecular weight excluding hydrogens is 307 g/mol. The van der Waals surface area contributed by atoms with Gasteiger partial charge in [0.25, 0.3) is 5.91 Å². The summed E-state index contributed by atoms with van der Waals surface area (Å²) in [5, 5.41) is 8.55. The monoisotopic (exact) mass is 321 g/mol. The maximum atomic E-state index is 12.4. The largest absolute Gasteiger partial charge is 0.478 e. The zero-order valence-electron chi connectivity index (χ0n) is 11.4. The molecule has 8 heteroatoms. The number of aryl methyl sites for hydroxylation is 1. The quantitative estimate of drug-likeness (QED) is 0.848. The molecule has 0 unspecified atom stereocenters. The van der Waals surface area contributed by atoms with Gasteiger partial charge in [-0.3, -0.25) is 4.79 Å². The molecule has 1 aromatic rings. The lowest BCUT2D eigenvalue weighted by Crippen LogP contribution is -2.38. The van der Waals surface area contributed by atoms with Crippen molar-refractivity contribution in [3.05, 3.63) is 27.5 Å². The number of alkyl halides is 3. The number of hydrogen-bond acceptors (Lipinski definition) is 3. The van der Waals surface area contributed by atoms with Crippen molar-refractivity contribution >= 4 is 29.3 Å². The molecule has 0 atom stereocenters. The number of hydrogen-bond donors (Lipinski definition) is 1. The molecule has 21 heavy (non-hydrogen) atoms. The number of carboxylic acid groups (broad SMARTS) is 1. The van der Waals surface area contributed by atoms with Gasteiger partial charge in [-0.15, -0.1) is 11.3 Å². The van der Waals surface area contributed by atoms with Gasteiger partial charge in [-0.25, -0.2) is 4.79 Å². The number of amides is 1. The predicted molar refractivity (Wildman–Crippen MR) is 73.4 cm³/mol. The van der Waals surface area contributed by atoms with E-state index in [1.54, 1.807) is 6.92 Å². The van der Waals surface area contributed by atoms with Crippen molar-refractivity contribution in [2.24, 2.45) is 0 Å². The third-order valence-electron chi connectivity index (χ3n) is 2.58. The predicted octanol–water partition coefficient (Wildman–Crippen LogP) is 3.18. The van der Waals surface area contributed by atoms with E-state index in [2.05, 4.69) is 0 Å². The highest BCUT2D eigenvalue weighted by Crippen LogP contribution is 2.26. The zero-order chi connectivity index (χ0) is 16.2. The van der Waals surface area contributed by atoms with Crippen LogP contribution >= 0.6 is 11.3 Å². The van der Waals surface area contributed by atoms with Gasteiger partial charge in [-0.05, 0) is 31.6 Å². The summed E-state index contributed by atoms with van der Waals surface area (Å²) in [6.07, 6.45) is -2.22. The number of carbonyl (C=O) groups excluding carboxylic acids is 1. The van der Waals surface area contributed by atoms with Crippen LogP contribution in [0.25, 0.3) is 6.08 Å². The molecule has 0 aromatic carbocycles. The van der Waals surface area contributed by atoms with Crippen molar-refractivity contribution in [3.63, 3.8) is 0 Å². The van der Waals surface area contributed by atoms with Crippen LogP contribution in [0.1, 0.15) is 27.0 Å². The van der Waals surface area contributed by atoms with Crippen molar-refractivity contribution in [1.29, 1.82) is 0 Å². The molecule has 1 rings (SSSR count). The summed E-state index contributed by atoms with van der Waals surface area (Å²) in [6.45, 7) is 1.76. The molecule has 0 bridgehead atoms. The first kappa shape index (κ1) is 17.2. The van der Waals surface area contributed by atoms with Crippen LogP contribution in [0.3, 0.4) is 0 Å². The number of aliphatic carboxylic acids is 1. The number of carbonyl (C=O) groups is 2. The van der Waals surface area contributed by atoms with Crippen LogP contribution in [0.15, 0.2) is 12.1 Å². The molecule has 1 heterocycles. The minimum atomic E-state index is -4.45. The number of nitrogens with zero attached hydrogens (tertiary/aromatic N) is 1. The molecule has 0 saturated heterocycles. The number of carboxylic acids is 1. The fourth-order valence-corrected chi connectivity index (χ4v) is 2.66. The van der Waals surface area contributed by atoms with Crippen LogP contribution < -0.4 is 0 Å². The molecule has 1 aromatic heterocycles. The van der Waals surface area contributed by atoms with E-state index in [4.69, 9.17) is 5.11 Å². The molecule has 4 nitrogen and oxygen atoms in total. The van der Waals surface area contributed by atoms with Crippen LogP contribution in [-0.4, -0.2) is 41.1 Å². The van der Waals surface area contributed by atoms with Gasteiger partial charge < -0.3 is 10.0 Å². The Morgan fingerprint density at radius 1 is 1.43 bits per heavy atom. The number of thiophene rings is 1. The van der Waals surface area contributed by atoms with Crippen LogP contribution in [0, 0.1) is 6.92 Å².